The fourth-order valence-corrected chi connectivity index (χ4v) is 6.18. The highest BCUT2D eigenvalue weighted by Crippen LogP contribution is 2.45. The van der Waals surface area contributed by atoms with Crippen molar-refractivity contribution in [3.8, 4) is 23.0 Å². The van der Waals surface area contributed by atoms with Gasteiger partial charge in [-0.05, 0) is 71.7 Å². The third-order valence-electron chi connectivity index (χ3n) is 8.24. The van der Waals surface area contributed by atoms with Crippen molar-refractivity contribution in [3.05, 3.63) is 130 Å². The van der Waals surface area contributed by atoms with Crippen LogP contribution in [0, 0.1) is 18.8 Å². The maximum Gasteiger partial charge on any atom is 0.407 e. The summed E-state index contributed by atoms with van der Waals surface area (Å²) < 4.78 is 5.68. The second-order valence-corrected chi connectivity index (χ2v) is 10.9. The topological polar surface area (TPSA) is 55.4 Å². The van der Waals surface area contributed by atoms with E-state index in [1.54, 1.807) is 0 Å². The number of alkyl carbamates (subject to hydrolysis) is 1. The average molecular weight is 540 g/mol. The van der Waals surface area contributed by atoms with Crippen LogP contribution < -0.4 is 5.32 Å². The summed E-state index contributed by atoms with van der Waals surface area (Å²) >= 11 is 0. The van der Waals surface area contributed by atoms with Crippen molar-refractivity contribution in [2.24, 2.45) is 0 Å². The van der Waals surface area contributed by atoms with Gasteiger partial charge in [-0.1, -0.05) is 96.3 Å². The van der Waals surface area contributed by atoms with E-state index in [-0.39, 0.29) is 37.2 Å². The Morgan fingerprint density at radius 2 is 1.54 bits per heavy atom. The molecule has 4 aromatic rings. The zero-order valence-corrected chi connectivity index (χ0v) is 23.3. The normalized spacial score (nSPS) is 16.6. The summed E-state index contributed by atoms with van der Waals surface area (Å²) in [6.07, 6.45) is 2.27. The standard InChI is InChI=1S/C37H33NO3/c1-25-17-20-32-30-14-6-7-15-31(30)35(34(32)23-25)24-41-37(40)38-22-21-36(39)33-16-8-12-26-9-2-3-10-27(26)18-19-28-11-4-5-13-29(28)33/h2-7,9-11,13-15,17,20,23,33,35H,8,12,16,21-22,24H2,1H3,(H,38,40). The Morgan fingerprint density at radius 3 is 2.41 bits per heavy atom. The molecular weight excluding hydrogens is 506 g/mol. The largest absolute Gasteiger partial charge is 0.449 e. The number of carbonyl (C=O) groups is 2. The minimum Gasteiger partial charge on any atom is -0.449 e. The molecule has 2 unspecified atom stereocenters. The minimum absolute atomic E-state index is 0.000774. The zero-order valence-electron chi connectivity index (χ0n) is 23.3. The molecular formula is C37H33NO3. The van der Waals surface area contributed by atoms with Crippen LogP contribution in [0.1, 0.15) is 70.0 Å². The van der Waals surface area contributed by atoms with E-state index < -0.39 is 6.09 Å². The Balaban J connectivity index is 1.08. The predicted octanol–water partition coefficient (Wildman–Crippen LogP) is 7.31. The van der Waals surface area contributed by atoms with Crippen molar-refractivity contribution in [1.82, 2.24) is 5.32 Å². The molecule has 0 spiro atoms. The van der Waals surface area contributed by atoms with Gasteiger partial charge in [0.25, 0.3) is 0 Å². The lowest BCUT2D eigenvalue weighted by Gasteiger charge is -2.19. The first kappa shape index (κ1) is 26.6. The van der Waals surface area contributed by atoms with Gasteiger partial charge in [-0.2, -0.15) is 0 Å². The number of Topliss-reactive ketones (excluding diaryl/α,β-unsaturated/α-hetero) is 1. The van der Waals surface area contributed by atoms with E-state index >= 15 is 0 Å². The Kier molecular flexibility index (Phi) is 7.69. The lowest BCUT2D eigenvalue weighted by Crippen LogP contribution is -2.29. The Hall–Kier alpha value is -4.62. The van der Waals surface area contributed by atoms with Gasteiger partial charge < -0.3 is 10.1 Å². The summed E-state index contributed by atoms with van der Waals surface area (Å²) in [4.78, 5) is 26.2. The van der Waals surface area contributed by atoms with Gasteiger partial charge in [0, 0.05) is 35.9 Å². The maximum absolute atomic E-state index is 13.5. The monoisotopic (exact) mass is 539 g/mol. The van der Waals surface area contributed by atoms with E-state index in [0.29, 0.717) is 0 Å². The molecule has 1 N–H and O–H groups in total. The number of ketones is 1. The lowest BCUT2D eigenvalue weighted by atomic mass is 9.84. The molecule has 0 bridgehead atoms. The number of hydrogen-bond acceptors (Lipinski definition) is 3. The molecule has 2 atom stereocenters. The van der Waals surface area contributed by atoms with Gasteiger partial charge in [0.15, 0.2) is 0 Å². The number of rotatable bonds is 6. The highest BCUT2D eigenvalue weighted by molar-refractivity contribution is 5.87. The van der Waals surface area contributed by atoms with Gasteiger partial charge in [0.1, 0.15) is 12.4 Å². The number of benzene rings is 4. The van der Waals surface area contributed by atoms with E-state index in [9.17, 15) is 9.59 Å². The number of hydrogen-bond donors (Lipinski definition) is 1. The molecule has 0 fully saturated rings. The number of carbonyl (C=O) groups excluding carboxylic acids is 2. The van der Waals surface area contributed by atoms with Crippen LogP contribution in [0.3, 0.4) is 0 Å². The van der Waals surface area contributed by atoms with Gasteiger partial charge in [-0.3, -0.25) is 4.79 Å². The number of ether oxygens (including phenoxy) is 1. The summed E-state index contributed by atoms with van der Waals surface area (Å²) in [5, 5.41) is 2.81. The van der Waals surface area contributed by atoms with Crippen LogP contribution in [0.15, 0.2) is 91.0 Å². The average Bonchev–Trinajstić information content (AvgIpc) is 3.30. The molecule has 6 rings (SSSR count). The molecule has 204 valence electrons. The lowest BCUT2D eigenvalue weighted by molar-refractivity contribution is -0.120. The second kappa shape index (κ2) is 11.9. The van der Waals surface area contributed by atoms with Crippen LogP contribution in [0.4, 0.5) is 4.79 Å². The summed E-state index contributed by atoms with van der Waals surface area (Å²) in [6.45, 7) is 2.57. The van der Waals surface area contributed by atoms with Gasteiger partial charge >= 0.3 is 6.09 Å². The third-order valence-corrected chi connectivity index (χ3v) is 8.24. The molecule has 4 nitrogen and oxygen atoms in total. The number of amides is 1. The summed E-state index contributed by atoms with van der Waals surface area (Å²) in [5.41, 5.74) is 10.1. The fourth-order valence-electron chi connectivity index (χ4n) is 6.18. The van der Waals surface area contributed by atoms with Crippen molar-refractivity contribution >= 4 is 11.9 Å². The van der Waals surface area contributed by atoms with Gasteiger partial charge in [-0.15, -0.1) is 0 Å². The van der Waals surface area contributed by atoms with Crippen molar-refractivity contribution in [2.45, 2.75) is 44.4 Å². The smallest absolute Gasteiger partial charge is 0.407 e. The van der Waals surface area contributed by atoms with E-state index in [1.165, 1.54) is 33.4 Å². The highest BCUT2D eigenvalue weighted by Gasteiger charge is 2.29. The van der Waals surface area contributed by atoms with E-state index in [0.717, 1.165) is 36.0 Å². The van der Waals surface area contributed by atoms with Gasteiger partial charge in [-0.25, -0.2) is 4.79 Å². The maximum atomic E-state index is 13.5. The molecule has 0 saturated carbocycles. The Labute approximate surface area is 241 Å². The summed E-state index contributed by atoms with van der Waals surface area (Å²) in [7, 11) is 0. The number of fused-ring (bicyclic) bond motifs is 5. The third kappa shape index (κ3) is 5.67. The number of aryl methyl sites for hydroxylation is 2. The fraction of sp³-hybridized carbons (Fsp3) is 0.243. The van der Waals surface area contributed by atoms with Crippen LogP contribution in [-0.4, -0.2) is 25.0 Å². The van der Waals surface area contributed by atoms with Crippen molar-refractivity contribution < 1.29 is 14.3 Å². The van der Waals surface area contributed by atoms with Crippen LogP contribution in [0.25, 0.3) is 11.1 Å². The molecule has 4 aromatic carbocycles. The molecule has 1 amide bonds. The second-order valence-electron chi connectivity index (χ2n) is 10.9. The quantitative estimate of drug-likeness (QED) is 0.261. The Morgan fingerprint density at radius 1 is 0.829 bits per heavy atom. The minimum atomic E-state index is -0.495. The molecule has 0 heterocycles. The van der Waals surface area contributed by atoms with Gasteiger partial charge in [0.05, 0.1) is 0 Å². The van der Waals surface area contributed by atoms with Crippen LogP contribution in [-0.2, 0) is 16.0 Å². The molecule has 41 heavy (non-hydrogen) atoms. The van der Waals surface area contributed by atoms with Gasteiger partial charge in [0.2, 0.25) is 0 Å². The van der Waals surface area contributed by atoms with Crippen LogP contribution >= 0.6 is 0 Å². The SMILES string of the molecule is Cc1ccc2c(c1)C(COC(=O)NCCC(=O)C1CCCc3ccccc3C#Cc3ccccc31)c1ccccc1-2. The zero-order chi connectivity index (χ0) is 28.2. The number of nitrogens with one attached hydrogen (secondary N) is 1. The molecule has 0 radical (unpaired) electrons. The molecule has 0 saturated heterocycles. The molecule has 4 heteroatoms. The van der Waals surface area contributed by atoms with E-state index in [1.807, 2.05) is 48.5 Å². The van der Waals surface area contributed by atoms with Crippen LogP contribution in [0.5, 0.6) is 0 Å². The molecule has 0 aliphatic heterocycles. The molecule has 2 aliphatic rings. The Bertz CT molecular complexity index is 1680. The van der Waals surface area contributed by atoms with E-state index in [4.69, 9.17) is 4.74 Å². The first-order valence-corrected chi connectivity index (χ1v) is 14.4. The molecule has 2 aliphatic carbocycles. The van der Waals surface area contributed by atoms with E-state index in [2.05, 4.69) is 66.5 Å². The van der Waals surface area contributed by atoms with Crippen molar-refractivity contribution in [2.75, 3.05) is 13.2 Å². The van der Waals surface area contributed by atoms with Crippen molar-refractivity contribution in [1.29, 1.82) is 0 Å². The molecule has 0 aromatic heterocycles. The summed E-state index contributed by atoms with van der Waals surface area (Å²) in [5.74, 6) is 6.50. The predicted molar refractivity (Wildman–Crippen MR) is 162 cm³/mol. The van der Waals surface area contributed by atoms with Crippen LogP contribution in [0.2, 0.25) is 0 Å². The highest BCUT2D eigenvalue weighted by atomic mass is 16.5. The summed E-state index contributed by atoms with van der Waals surface area (Å²) in [6, 6.07) is 30.9. The first-order valence-electron chi connectivity index (χ1n) is 14.4. The van der Waals surface area contributed by atoms with Crippen molar-refractivity contribution in [3.63, 3.8) is 0 Å². The first-order chi connectivity index (χ1) is 20.1.